The van der Waals surface area contributed by atoms with E-state index in [0.29, 0.717) is 6.17 Å². The van der Waals surface area contributed by atoms with E-state index in [4.69, 9.17) is 0 Å². The molecule has 0 fully saturated rings. The van der Waals surface area contributed by atoms with Gasteiger partial charge in [0.25, 0.3) is 0 Å². The van der Waals surface area contributed by atoms with Gasteiger partial charge in [-0.1, -0.05) is 27.7 Å². The molecular formula is C12H31N3Si. The molecule has 0 bridgehead atoms. The van der Waals surface area contributed by atoms with Gasteiger partial charge in [-0.2, -0.15) is 0 Å². The van der Waals surface area contributed by atoms with Gasteiger partial charge in [0.1, 0.15) is 0 Å². The summed E-state index contributed by atoms with van der Waals surface area (Å²) in [4.78, 5) is 3.77. The second-order valence-electron chi connectivity index (χ2n) is 5.38. The van der Waals surface area contributed by atoms with Gasteiger partial charge in [0.15, 0.2) is 0 Å². The SMILES string of the molecule is CCNC(NCC)C(C)(C)N[SiH2]CC(C)C. The van der Waals surface area contributed by atoms with Gasteiger partial charge in [0.05, 0.1) is 15.8 Å². The minimum atomic E-state index is -0.147. The van der Waals surface area contributed by atoms with Crippen molar-refractivity contribution in [2.75, 3.05) is 13.1 Å². The van der Waals surface area contributed by atoms with Gasteiger partial charge >= 0.3 is 0 Å². The lowest BCUT2D eigenvalue weighted by Crippen LogP contribution is -2.63. The molecule has 0 amide bonds. The second-order valence-corrected chi connectivity index (χ2v) is 6.81. The lowest BCUT2D eigenvalue weighted by Gasteiger charge is -2.37. The first kappa shape index (κ1) is 16.1. The fourth-order valence-corrected chi connectivity index (χ4v) is 3.35. The zero-order chi connectivity index (χ0) is 12.6. The molecule has 4 heteroatoms. The quantitative estimate of drug-likeness (QED) is 0.420. The summed E-state index contributed by atoms with van der Waals surface area (Å²) in [6.07, 6.45) is 0.363. The average Bonchev–Trinajstić information content (AvgIpc) is 2.16. The lowest BCUT2D eigenvalue weighted by molar-refractivity contribution is 0.276. The molecule has 0 aromatic rings. The summed E-state index contributed by atoms with van der Waals surface area (Å²) < 4.78 is 0. The van der Waals surface area contributed by atoms with Crippen LogP contribution in [0.3, 0.4) is 0 Å². The molecule has 0 aliphatic carbocycles. The maximum atomic E-state index is 3.77. The van der Waals surface area contributed by atoms with Crippen molar-refractivity contribution in [3.05, 3.63) is 0 Å². The van der Waals surface area contributed by atoms with Crippen LogP contribution in [0.25, 0.3) is 0 Å². The summed E-state index contributed by atoms with van der Waals surface area (Å²) in [5, 5.41) is 7.02. The Morgan fingerprint density at radius 3 is 1.94 bits per heavy atom. The average molecular weight is 245 g/mol. The van der Waals surface area contributed by atoms with Gasteiger partial charge in [-0.3, -0.25) is 0 Å². The summed E-state index contributed by atoms with van der Waals surface area (Å²) in [6, 6.07) is 1.37. The molecule has 3 nitrogen and oxygen atoms in total. The maximum absolute atomic E-state index is 3.77. The first-order valence-corrected chi connectivity index (χ1v) is 8.36. The number of nitrogens with one attached hydrogen (secondary N) is 3. The van der Waals surface area contributed by atoms with E-state index in [9.17, 15) is 0 Å². The Morgan fingerprint density at radius 2 is 1.56 bits per heavy atom. The number of hydrogen-bond donors (Lipinski definition) is 3. The van der Waals surface area contributed by atoms with Crippen molar-refractivity contribution in [1.29, 1.82) is 0 Å². The highest BCUT2D eigenvalue weighted by molar-refractivity contribution is 6.32. The summed E-state index contributed by atoms with van der Waals surface area (Å²) in [5.41, 5.74) is 0.146. The summed E-state index contributed by atoms with van der Waals surface area (Å²) in [5.74, 6) is 0.826. The zero-order valence-electron chi connectivity index (χ0n) is 12.0. The first-order chi connectivity index (χ1) is 7.44. The highest BCUT2D eigenvalue weighted by Crippen LogP contribution is 2.07. The molecule has 0 saturated heterocycles. The number of likely N-dealkylation sites (N-methyl/N-ethyl adjacent to an activating group) is 2. The molecule has 0 aromatic carbocycles. The predicted molar refractivity (Wildman–Crippen MR) is 76.5 cm³/mol. The van der Waals surface area contributed by atoms with Crippen LogP contribution in [0.5, 0.6) is 0 Å². The van der Waals surface area contributed by atoms with Crippen molar-refractivity contribution < 1.29 is 0 Å². The Bertz CT molecular complexity index is 166. The largest absolute Gasteiger partial charge is 0.335 e. The lowest BCUT2D eigenvalue weighted by atomic mass is 10.0. The van der Waals surface area contributed by atoms with Gasteiger partial charge in [-0.15, -0.1) is 0 Å². The van der Waals surface area contributed by atoms with Gasteiger partial charge < -0.3 is 15.6 Å². The summed E-state index contributed by atoms with van der Waals surface area (Å²) in [6.45, 7) is 15.5. The Labute approximate surface area is 104 Å². The molecule has 0 aliphatic heterocycles. The van der Waals surface area contributed by atoms with Crippen molar-refractivity contribution in [2.45, 2.75) is 59.3 Å². The summed E-state index contributed by atoms with van der Waals surface area (Å²) in [7, 11) is -0.147. The molecule has 0 radical (unpaired) electrons. The molecule has 0 spiro atoms. The van der Waals surface area contributed by atoms with Gasteiger partial charge in [-0.05, 0) is 38.9 Å². The minimum absolute atomic E-state index is 0.146. The molecule has 0 unspecified atom stereocenters. The highest BCUT2D eigenvalue weighted by atomic mass is 28.2. The molecule has 98 valence electrons. The molecular weight excluding hydrogens is 214 g/mol. The third-order valence-electron chi connectivity index (χ3n) is 2.84. The van der Waals surface area contributed by atoms with E-state index in [1.54, 1.807) is 0 Å². The van der Waals surface area contributed by atoms with Gasteiger partial charge in [0, 0.05) is 5.54 Å². The third-order valence-corrected chi connectivity index (χ3v) is 5.45. The molecule has 0 rings (SSSR count). The smallest absolute Gasteiger partial charge is 0.0925 e. The molecule has 0 atom stereocenters. The number of hydrogen-bond acceptors (Lipinski definition) is 3. The Balaban J connectivity index is 4.11. The van der Waals surface area contributed by atoms with Crippen molar-refractivity contribution in [3.63, 3.8) is 0 Å². The van der Waals surface area contributed by atoms with Crippen molar-refractivity contribution >= 4 is 9.68 Å². The fourth-order valence-electron chi connectivity index (χ4n) is 1.78. The van der Waals surface area contributed by atoms with E-state index in [-0.39, 0.29) is 15.2 Å². The molecule has 0 aromatic heterocycles. The van der Waals surface area contributed by atoms with E-state index in [1.807, 2.05) is 0 Å². The normalized spacial score (nSPS) is 13.5. The van der Waals surface area contributed by atoms with Crippen LogP contribution in [0.4, 0.5) is 0 Å². The molecule has 0 heterocycles. The summed E-state index contributed by atoms with van der Waals surface area (Å²) >= 11 is 0. The van der Waals surface area contributed by atoms with Crippen LogP contribution in [0.2, 0.25) is 6.04 Å². The van der Waals surface area contributed by atoms with Crippen LogP contribution < -0.4 is 15.6 Å². The van der Waals surface area contributed by atoms with Crippen molar-refractivity contribution in [1.82, 2.24) is 15.6 Å². The van der Waals surface area contributed by atoms with E-state index >= 15 is 0 Å². The fraction of sp³-hybridized carbons (Fsp3) is 1.00. The highest BCUT2D eigenvalue weighted by Gasteiger charge is 2.26. The van der Waals surface area contributed by atoms with Gasteiger partial charge in [0.2, 0.25) is 0 Å². The van der Waals surface area contributed by atoms with Crippen LogP contribution in [0, 0.1) is 5.92 Å². The molecule has 0 aliphatic rings. The molecule has 0 saturated carbocycles. The molecule has 16 heavy (non-hydrogen) atoms. The third kappa shape index (κ3) is 6.63. The van der Waals surface area contributed by atoms with E-state index in [1.165, 1.54) is 6.04 Å². The molecule has 3 N–H and O–H groups in total. The topological polar surface area (TPSA) is 36.1 Å². The van der Waals surface area contributed by atoms with Crippen molar-refractivity contribution in [2.24, 2.45) is 5.92 Å². The van der Waals surface area contributed by atoms with E-state index in [0.717, 1.165) is 19.0 Å². The Morgan fingerprint density at radius 1 is 1.06 bits per heavy atom. The Hall–Kier alpha value is 0.0969. The van der Waals surface area contributed by atoms with Crippen LogP contribution >= 0.6 is 0 Å². The Kier molecular flexibility index (Phi) is 8.28. The second kappa shape index (κ2) is 8.23. The van der Waals surface area contributed by atoms with E-state index < -0.39 is 0 Å². The van der Waals surface area contributed by atoms with Crippen LogP contribution in [0.1, 0.15) is 41.5 Å². The van der Waals surface area contributed by atoms with Crippen LogP contribution in [0.15, 0.2) is 0 Å². The maximum Gasteiger partial charge on any atom is 0.0925 e. The minimum Gasteiger partial charge on any atom is -0.335 e. The monoisotopic (exact) mass is 245 g/mol. The van der Waals surface area contributed by atoms with Gasteiger partial charge in [-0.25, -0.2) is 0 Å². The predicted octanol–water partition coefficient (Wildman–Crippen LogP) is 1.06. The van der Waals surface area contributed by atoms with E-state index in [2.05, 4.69) is 57.2 Å². The standard InChI is InChI=1S/C12H31N3Si/c1-7-13-11(14-8-2)12(5,6)15-16-9-10(3)4/h10-11,13-15H,7-9,16H2,1-6H3. The van der Waals surface area contributed by atoms with Crippen molar-refractivity contribution in [3.8, 4) is 0 Å². The van der Waals surface area contributed by atoms with Crippen LogP contribution in [-0.4, -0.2) is 34.5 Å². The number of rotatable bonds is 9. The first-order valence-electron chi connectivity index (χ1n) is 6.65. The van der Waals surface area contributed by atoms with Crippen LogP contribution in [-0.2, 0) is 0 Å². The zero-order valence-corrected chi connectivity index (χ0v) is 13.4.